The Kier molecular flexibility index (Phi) is 17.5. The van der Waals surface area contributed by atoms with Gasteiger partial charge >= 0.3 is 0 Å². The van der Waals surface area contributed by atoms with E-state index in [2.05, 4.69) is 39.8 Å². The van der Waals surface area contributed by atoms with E-state index in [1.807, 2.05) is 13.8 Å². The van der Waals surface area contributed by atoms with Crippen LogP contribution in [0.15, 0.2) is 24.0 Å². The summed E-state index contributed by atoms with van der Waals surface area (Å²) >= 11 is 0. The van der Waals surface area contributed by atoms with E-state index >= 15 is 0 Å². The Labute approximate surface area is 169 Å². The quantitative estimate of drug-likeness (QED) is 0.225. The van der Waals surface area contributed by atoms with E-state index in [4.69, 9.17) is 14.2 Å². The predicted molar refractivity (Wildman–Crippen MR) is 116 cm³/mol. The lowest BCUT2D eigenvalue weighted by molar-refractivity contribution is -0.00129. The van der Waals surface area contributed by atoms with Gasteiger partial charge in [0, 0.05) is 0 Å². The Hall–Kier alpha value is -1.12. The number of allylic oxidation sites excluding steroid dienone is 2. The maximum atomic E-state index is 6.01. The van der Waals surface area contributed by atoms with Gasteiger partial charge in [-0.3, -0.25) is 0 Å². The van der Waals surface area contributed by atoms with E-state index in [9.17, 15) is 0 Å². The van der Waals surface area contributed by atoms with Crippen molar-refractivity contribution in [1.82, 2.24) is 0 Å². The lowest BCUT2D eigenvalue weighted by Crippen LogP contribution is -2.05. The van der Waals surface area contributed by atoms with Crippen LogP contribution in [0.2, 0.25) is 0 Å². The van der Waals surface area contributed by atoms with Gasteiger partial charge in [-0.25, -0.2) is 0 Å². The SMILES string of the molecule is CCCCC(CC)CC=C(OCC)OC(=CCC(CC)CCCC)OCC. The van der Waals surface area contributed by atoms with E-state index < -0.39 is 0 Å². The summed E-state index contributed by atoms with van der Waals surface area (Å²) in [7, 11) is 0. The average Bonchev–Trinajstić information content (AvgIpc) is 2.68. The molecule has 160 valence electrons. The molecule has 0 aromatic rings. The van der Waals surface area contributed by atoms with Gasteiger partial charge in [-0.2, -0.15) is 0 Å². The van der Waals surface area contributed by atoms with E-state index in [-0.39, 0.29) is 0 Å². The smallest absolute Gasteiger partial charge is 0.282 e. The standard InChI is InChI=1S/C24H46O3/c1-7-13-15-21(9-3)17-19-23(25-11-5)27-24(26-12-6)20-18-22(10-4)16-14-8-2/h19-22H,7-18H2,1-6H3. The molecular weight excluding hydrogens is 336 g/mol. The number of rotatable bonds is 18. The lowest BCUT2D eigenvalue weighted by atomic mass is 9.96. The van der Waals surface area contributed by atoms with Crippen LogP contribution in [0.1, 0.15) is 106 Å². The number of hydrogen-bond acceptors (Lipinski definition) is 3. The fraction of sp³-hybridized carbons (Fsp3) is 0.833. The van der Waals surface area contributed by atoms with Crippen molar-refractivity contribution in [1.29, 1.82) is 0 Å². The fourth-order valence-electron chi connectivity index (χ4n) is 3.13. The third-order valence-electron chi connectivity index (χ3n) is 5.10. The molecule has 0 bridgehead atoms. The van der Waals surface area contributed by atoms with Crippen molar-refractivity contribution in [2.75, 3.05) is 13.2 Å². The summed E-state index contributed by atoms with van der Waals surface area (Å²) < 4.78 is 17.5. The third-order valence-corrected chi connectivity index (χ3v) is 5.10. The highest BCUT2D eigenvalue weighted by atomic mass is 16.7. The zero-order valence-corrected chi connectivity index (χ0v) is 19.0. The summed E-state index contributed by atoms with van der Waals surface area (Å²) in [6.45, 7) is 14.2. The van der Waals surface area contributed by atoms with Crippen LogP contribution in [-0.2, 0) is 14.2 Å². The molecule has 0 saturated heterocycles. The highest BCUT2D eigenvalue weighted by molar-refractivity contribution is 4.94. The van der Waals surface area contributed by atoms with Crippen LogP contribution in [0, 0.1) is 11.8 Å². The van der Waals surface area contributed by atoms with Crippen LogP contribution in [-0.4, -0.2) is 13.2 Å². The molecule has 0 heterocycles. The number of hydrogen-bond donors (Lipinski definition) is 0. The third kappa shape index (κ3) is 13.7. The summed E-state index contributed by atoms with van der Waals surface area (Å²) in [6, 6.07) is 0. The zero-order valence-electron chi connectivity index (χ0n) is 19.0. The van der Waals surface area contributed by atoms with Crippen LogP contribution >= 0.6 is 0 Å². The minimum Gasteiger partial charge on any atom is -0.466 e. The van der Waals surface area contributed by atoms with Gasteiger partial charge in [0.15, 0.2) is 0 Å². The molecule has 0 aliphatic carbocycles. The molecule has 2 atom stereocenters. The van der Waals surface area contributed by atoms with Crippen molar-refractivity contribution in [3.05, 3.63) is 24.0 Å². The molecular formula is C24H46O3. The monoisotopic (exact) mass is 382 g/mol. The first-order valence-electron chi connectivity index (χ1n) is 11.5. The summed E-state index contributed by atoms with van der Waals surface area (Å²) in [5.41, 5.74) is 0. The second-order valence-corrected chi connectivity index (χ2v) is 7.32. The Morgan fingerprint density at radius 2 is 1.07 bits per heavy atom. The molecule has 0 amide bonds. The molecule has 0 saturated carbocycles. The lowest BCUT2D eigenvalue weighted by Gasteiger charge is -2.17. The molecule has 3 heteroatoms. The topological polar surface area (TPSA) is 27.7 Å². The van der Waals surface area contributed by atoms with Crippen LogP contribution in [0.5, 0.6) is 0 Å². The van der Waals surface area contributed by atoms with Crippen molar-refractivity contribution in [3.8, 4) is 0 Å². The Balaban J connectivity index is 4.92. The highest BCUT2D eigenvalue weighted by Crippen LogP contribution is 2.22. The van der Waals surface area contributed by atoms with E-state index in [0.29, 0.717) is 36.9 Å². The van der Waals surface area contributed by atoms with Crippen LogP contribution < -0.4 is 0 Å². The predicted octanol–water partition coefficient (Wildman–Crippen LogP) is 7.97. The normalized spacial score (nSPS) is 14.7. The molecule has 0 aromatic carbocycles. The van der Waals surface area contributed by atoms with Crippen molar-refractivity contribution in [2.24, 2.45) is 11.8 Å². The molecule has 0 aliphatic heterocycles. The molecule has 3 nitrogen and oxygen atoms in total. The van der Waals surface area contributed by atoms with Gasteiger partial charge in [0.05, 0.1) is 13.2 Å². The zero-order chi connectivity index (χ0) is 20.3. The molecule has 0 N–H and O–H groups in total. The van der Waals surface area contributed by atoms with Gasteiger partial charge < -0.3 is 14.2 Å². The van der Waals surface area contributed by atoms with Crippen LogP contribution in [0.25, 0.3) is 0 Å². The summed E-state index contributed by atoms with van der Waals surface area (Å²) in [5.74, 6) is 2.58. The molecule has 0 radical (unpaired) electrons. The maximum absolute atomic E-state index is 6.01. The van der Waals surface area contributed by atoms with Gasteiger partial charge in [0.25, 0.3) is 11.9 Å². The molecule has 0 aliphatic rings. The summed E-state index contributed by atoms with van der Waals surface area (Å²) in [6.07, 6.45) is 16.2. The van der Waals surface area contributed by atoms with Crippen LogP contribution in [0.3, 0.4) is 0 Å². The van der Waals surface area contributed by atoms with E-state index in [0.717, 1.165) is 12.8 Å². The van der Waals surface area contributed by atoms with Gasteiger partial charge in [-0.1, -0.05) is 79.1 Å². The second-order valence-electron chi connectivity index (χ2n) is 7.32. The first-order chi connectivity index (χ1) is 13.1. The highest BCUT2D eigenvalue weighted by Gasteiger charge is 2.11. The van der Waals surface area contributed by atoms with Crippen molar-refractivity contribution >= 4 is 0 Å². The van der Waals surface area contributed by atoms with Crippen molar-refractivity contribution in [3.63, 3.8) is 0 Å². The van der Waals surface area contributed by atoms with Gasteiger partial charge in [0.1, 0.15) is 0 Å². The Morgan fingerprint density at radius 3 is 1.37 bits per heavy atom. The minimum atomic E-state index is 0.591. The maximum Gasteiger partial charge on any atom is 0.282 e. The molecule has 0 rings (SSSR count). The minimum absolute atomic E-state index is 0.591. The average molecular weight is 383 g/mol. The Bertz CT molecular complexity index is 351. The van der Waals surface area contributed by atoms with E-state index in [1.54, 1.807) is 0 Å². The van der Waals surface area contributed by atoms with Crippen LogP contribution in [0.4, 0.5) is 0 Å². The molecule has 0 aromatic heterocycles. The van der Waals surface area contributed by atoms with Gasteiger partial charge in [0.2, 0.25) is 0 Å². The first kappa shape index (κ1) is 25.9. The largest absolute Gasteiger partial charge is 0.466 e. The Morgan fingerprint density at radius 1 is 0.667 bits per heavy atom. The molecule has 27 heavy (non-hydrogen) atoms. The number of ether oxygens (including phenoxy) is 3. The summed E-state index contributed by atoms with van der Waals surface area (Å²) in [5, 5.41) is 0. The van der Waals surface area contributed by atoms with Crippen molar-refractivity contribution in [2.45, 2.75) is 106 Å². The molecule has 0 spiro atoms. The van der Waals surface area contributed by atoms with Gasteiger partial charge in [-0.15, -0.1) is 0 Å². The number of unbranched alkanes of at least 4 members (excludes halogenated alkanes) is 2. The van der Waals surface area contributed by atoms with Crippen molar-refractivity contribution < 1.29 is 14.2 Å². The summed E-state index contributed by atoms with van der Waals surface area (Å²) in [4.78, 5) is 0. The first-order valence-corrected chi connectivity index (χ1v) is 11.5. The van der Waals surface area contributed by atoms with Gasteiger partial charge in [-0.05, 0) is 50.7 Å². The molecule has 0 fully saturated rings. The second kappa shape index (κ2) is 18.3. The molecule has 2 unspecified atom stereocenters. The fourth-order valence-corrected chi connectivity index (χ4v) is 3.13. The van der Waals surface area contributed by atoms with E-state index in [1.165, 1.54) is 51.4 Å².